The minimum atomic E-state index is -2.74. The van der Waals surface area contributed by atoms with Crippen molar-refractivity contribution in [2.75, 3.05) is 26.7 Å². The van der Waals surface area contributed by atoms with Crippen LogP contribution in [-0.2, 0) is 40.3 Å². The van der Waals surface area contributed by atoms with Gasteiger partial charge >= 0.3 is 5.97 Å². The van der Waals surface area contributed by atoms with Gasteiger partial charge in [-0.1, -0.05) is 55.3 Å². The maximum atomic E-state index is 13.9. The number of alkyl halides is 2. The molecule has 1 aromatic heterocycles. The summed E-state index contributed by atoms with van der Waals surface area (Å²) in [5.74, 6) is -3.14. The molecule has 2 saturated carbocycles. The van der Waals surface area contributed by atoms with Crippen LogP contribution < -0.4 is 5.56 Å². The fourth-order valence-electron chi connectivity index (χ4n) is 6.65. The van der Waals surface area contributed by atoms with Crippen molar-refractivity contribution in [1.29, 1.82) is 0 Å². The van der Waals surface area contributed by atoms with Crippen LogP contribution in [0.1, 0.15) is 73.4 Å². The second-order valence-corrected chi connectivity index (χ2v) is 13.5. The Morgan fingerprint density at radius 2 is 1.86 bits per heavy atom. The molecule has 1 amide bonds. The van der Waals surface area contributed by atoms with Crippen LogP contribution in [0.25, 0.3) is 0 Å². The average Bonchev–Trinajstić information content (AvgIpc) is 2.94. The van der Waals surface area contributed by atoms with E-state index >= 15 is 0 Å². The number of benzene rings is 1. The summed E-state index contributed by atoms with van der Waals surface area (Å²) in [5.41, 5.74) is 2.91. The van der Waals surface area contributed by atoms with Gasteiger partial charge in [0, 0.05) is 50.7 Å². The first kappa shape index (κ1) is 29.3. The number of fused-ring (bicyclic) bond motifs is 1. The second kappa shape index (κ2) is 12.1. The third kappa shape index (κ3) is 6.27. The summed E-state index contributed by atoms with van der Waals surface area (Å²) >= 11 is 1.58. The molecule has 4 aliphatic rings. The Bertz CT molecular complexity index is 1400. The molecule has 42 heavy (non-hydrogen) atoms. The van der Waals surface area contributed by atoms with Gasteiger partial charge in [-0.3, -0.25) is 23.9 Å². The van der Waals surface area contributed by atoms with E-state index in [1.807, 2.05) is 24.3 Å². The van der Waals surface area contributed by atoms with Crippen molar-refractivity contribution < 1.29 is 23.1 Å². The van der Waals surface area contributed by atoms with Gasteiger partial charge in [-0.2, -0.15) is 0 Å². The van der Waals surface area contributed by atoms with Crippen LogP contribution in [0.3, 0.4) is 0 Å². The SMILES string of the molecule is COC(=O)Cc1cccc(CN2CC(C(=O)N3CCc4nc(SC5CCCCC5)n(C5CC(F)(F)C5)c(=O)c4C3)C2)c1. The maximum Gasteiger partial charge on any atom is 0.309 e. The van der Waals surface area contributed by atoms with Crippen molar-refractivity contribution in [2.45, 2.75) is 93.2 Å². The number of ether oxygens (including phenoxy) is 1. The number of esters is 1. The number of hydrogen-bond acceptors (Lipinski definition) is 7. The molecule has 0 radical (unpaired) electrons. The van der Waals surface area contributed by atoms with Crippen molar-refractivity contribution in [1.82, 2.24) is 19.4 Å². The zero-order valence-corrected chi connectivity index (χ0v) is 24.8. The van der Waals surface area contributed by atoms with E-state index in [1.54, 1.807) is 16.7 Å². The van der Waals surface area contributed by atoms with Gasteiger partial charge in [0.1, 0.15) is 0 Å². The Morgan fingerprint density at radius 1 is 1.12 bits per heavy atom. The van der Waals surface area contributed by atoms with E-state index < -0.39 is 12.0 Å². The Hall–Kier alpha value is -2.79. The molecule has 0 N–H and O–H groups in total. The molecule has 0 spiro atoms. The van der Waals surface area contributed by atoms with Gasteiger partial charge in [0.05, 0.1) is 43.3 Å². The predicted octanol–water partition coefficient (Wildman–Crippen LogP) is 4.37. The van der Waals surface area contributed by atoms with Crippen LogP contribution in [0.4, 0.5) is 8.78 Å². The highest BCUT2D eigenvalue weighted by atomic mass is 32.2. The van der Waals surface area contributed by atoms with E-state index in [1.165, 1.54) is 18.1 Å². The molecule has 226 valence electrons. The molecular formula is C31H38F2N4O4S. The van der Waals surface area contributed by atoms with Crippen molar-refractivity contribution in [2.24, 2.45) is 5.92 Å². The van der Waals surface area contributed by atoms with Crippen molar-refractivity contribution >= 4 is 23.6 Å². The van der Waals surface area contributed by atoms with Crippen LogP contribution >= 0.6 is 11.8 Å². The monoisotopic (exact) mass is 600 g/mol. The summed E-state index contributed by atoms with van der Waals surface area (Å²) in [7, 11) is 1.38. The molecule has 0 unspecified atom stereocenters. The molecule has 11 heteroatoms. The highest BCUT2D eigenvalue weighted by Crippen LogP contribution is 2.46. The Labute approximate surface area is 248 Å². The Morgan fingerprint density at radius 3 is 2.57 bits per heavy atom. The summed E-state index contributed by atoms with van der Waals surface area (Å²) in [6, 6.07) is 7.27. The number of carbonyl (C=O) groups is 2. The number of aromatic nitrogens is 2. The van der Waals surface area contributed by atoms with Gasteiger partial charge in [-0.25, -0.2) is 13.8 Å². The van der Waals surface area contributed by atoms with Crippen LogP contribution in [0.5, 0.6) is 0 Å². The molecule has 2 aliphatic heterocycles. The predicted molar refractivity (Wildman–Crippen MR) is 154 cm³/mol. The fourth-order valence-corrected chi connectivity index (χ4v) is 8.03. The smallest absolute Gasteiger partial charge is 0.309 e. The first-order chi connectivity index (χ1) is 20.2. The number of hydrogen-bond donors (Lipinski definition) is 0. The summed E-state index contributed by atoms with van der Waals surface area (Å²) in [6.45, 7) is 2.62. The number of methoxy groups -OCH3 is 1. The second-order valence-electron chi connectivity index (χ2n) is 12.3. The number of thioether (sulfide) groups is 1. The standard InChI is InChI=1S/C31H38F2N4O4S/c1-41-27(38)13-20-6-5-7-21(12-20)16-35-17-22(18-35)28(39)36-11-10-26-25(19-36)29(40)37(23-14-31(32,33)15-23)30(34-26)42-24-8-3-2-4-9-24/h5-7,12,22-24H,2-4,8-11,13-19H2,1H3. The third-order valence-corrected chi connectivity index (χ3v) is 10.4. The van der Waals surface area contributed by atoms with E-state index in [0.717, 1.165) is 36.8 Å². The Balaban J connectivity index is 1.11. The third-order valence-electron chi connectivity index (χ3n) is 9.08. The van der Waals surface area contributed by atoms with Gasteiger partial charge < -0.3 is 9.64 Å². The molecule has 2 aromatic rings. The van der Waals surface area contributed by atoms with Crippen molar-refractivity contribution in [3.8, 4) is 0 Å². The van der Waals surface area contributed by atoms with E-state index in [2.05, 4.69) is 4.90 Å². The first-order valence-corrected chi connectivity index (χ1v) is 15.9. The molecule has 3 fully saturated rings. The molecule has 1 saturated heterocycles. The largest absolute Gasteiger partial charge is 0.469 e. The van der Waals surface area contributed by atoms with E-state index in [4.69, 9.17) is 9.72 Å². The lowest BCUT2D eigenvalue weighted by molar-refractivity contribution is -0.142. The molecule has 0 atom stereocenters. The summed E-state index contributed by atoms with van der Waals surface area (Å²) < 4.78 is 34.0. The minimum Gasteiger partial charge on any atom is -0.469 e. The van der Waals surface area contributed by atoms with Gasteiger partial charge in [0.15, 0.2) is 5.16 Å². The zero-order valence-electron chi connectivity index (χ0n) is 24.0. The zero-order chi connectivity index (χ0) is 29.4. The molecule has 6 rings (SSSR count). The van der Waals surface area contributed by atoms with Gasteiger partial charge in [-0.05, 0) is 24.0 Å². The van der Waals surface area contributed by atoms with Gasteiger partial charge in [0.2, 0.25) is 5.91 Å². The average molecular weight is 601 g/mol. The van der Waals surface area contributed by atoms with Crippen LogP contribution in [-0.4, -0.2) is 69.1 Å². The van der Waals surface area contributed by atoms with E-state index in [9.17, 15) is 23.2 Å². The summed E-state index contributed by atoms with van der Waals surface area (Å²) in [5, 5.41) is 0.935. The summed E-state index contributed by atoms with van der Waals surface area (Å²) in [4.78, 5) is 47.7. The molecule has 3 heterocycles. The normalized spacial score (nSPS) is 21.4. The fraction of sp³-hybridized carbons (Fsp3) is 0.613. The lowest BCUT2D eigenvalue weighted by Gasteiger charge is -2.42. The number of rotatable bonds is 8. The molecule has 1 aromatic carbocycles. The lowest BCUT2D eigenvalue weighted by atomic mass is 9.88. The van der Waals surface area contributed by atoms with Crippen molar-refractivity contribution in [3.63, 3.8) is 0 Å². The molecule has 2 aliphatic carbocycles. The van der Waals surface area contributed by atoms with Crippen LogP contribution in [0, 0.1) is 5.92 Å². The Kier molecular flexibility index (Phi) is 8.42. The molecule has 0 bridgehead atoms. The maximum absolute atomic E-state index is 13.9. The highest BCUT2D eigenvalue weighted by Gasteiger charge is 2.48. The lowest BCUT2D eigenvalue weighted by Crippen LogP contribution is -2.55. The number of carbonyl (C=O) groups excluding carboxylic acids is 2. The number of halogens is 2. The summed E-state index contributed by atoms with van der Waals surface area (Å²) in [6.07, 6.45) is 5.66. The minimum absolute atomic E-state index is 0.0260. The number of amides is 1. The first-order valence-electron chi connectivity index (χ1n) is 15.0. The quantitative estimate of drug-likeness (QED) is 0.329. The van der Waals surface area contributed by atoms with Crippen LogP contribution in [0.15, 0.2) is 34.2 Å². The molecule has 8 nitrogen and oxygen atoms in total. The highest BCUT2D eigenvalue weighted by molar-refractivity contribution is 7.99. The van der Waals surface area contributed by atoms with Crippen LogP contribution in [0.2, 0.25) is 0 Å². The number of likely N-dealkylation sites (tertiary alicyclic amines) is 1. The van der Waals surface area contributed by atoms with E-state index in [-0.39, 0.29) is 49.2 Å². The van der Waals surface area contributed by atoms with Crippen molar-refractivity contribution in [3.05, 3.63) is 57.0 Å². The molecular weight excluding hydrogens is 562 g/mol. The van der Waals surface area contributed by atoms with Gasteiger partial charge in [-0.15, -0.1) is 0 Å². The van der Waals surface area contributed by atoms with Gasteiger partial charge in [0.25, 0.3) is 11.5 Å². The topological polar surface area (TPSA) is 84.7 Å². The number of nitrogens with zero attached hydrogens (tertiary/aromatic N) is 4. The van der Waals surface area contributed by atoms with E-state index in [0.29, 0.717) is 54.3 Å².